The van der Waals surface area contributed by atoms with Gasteiger partial charge in [-0.2, -0.15) is 0 Å². The lowest BCUT2D eigenvalue weighted by Crippen LogP contribution is -2.25. The fourth-order valence-corrected chi connectivity index (χ4v) is 3.04. The van der Waals surface area contributed by atoms with Crippen molar-refractivity contribution in [2.24, 2.45) is 0 Å². The maximum Gasteiger partial charge on any atom is 0.283 e. The van der Waals surface area contributed by atoms with E-state index in [4.69, 9.17) is 9.47 Å². The van der Waals surface area contributed by atoms with Crippen LogP contribution in [0.2, 0.25) is 0 Å². The molecule has 0 saturated heterocycles. The highest BCUT2D eigenvalue weighted by atomic mass is 32.2. The molecule has 8 heteroatoms. The number of hydrogen-bond acceptors (Lipinski definition) is 6. The summed E-state index contributed by atoms with van der Waals surface area (Å²) in [4.78, 5) is 23.3. The molecule has 0 atom stereocenters. The third kappa shape index (κ3) is 3.85. The van der Waals surface area contributed by atoms with Crippen LogP contribution in [0.15, 0.2) is 41.3 Å². The molecule has 25 heavy (non-hydrogen) atoms. The van der Waals surface area contributed by atoms with E-state index < -0.39 is 4.92 Å². The number of ether oxygens (including phenoxy) is 2. The minimum atomic E-state index is -0.477. The molecule has 130 valence electrons. The molecule has 0 bridgehead atoms. The van der Waals surface area contributed by atoms with E-state index in [1.165, 1.54) is 17.8 Å². The molecule has 1 aliphatic rings. The molecular weight excluding hydrogens is 344 g/mol. The smallest absolute Gasteiger partial charge is 0.283 e. The Morgan fingerprint density at radius 2 is 2.04 bits per heavy atom. The normalized spacial score (nSPS) is 12.0. The van der Waals surface area contributed by atoms with Crippen molar-refractivity contribution in [2.75, 3.05) is 19.6 Å². The summed E-state index contributed by atoms with van der Waals surface area (Å²) in [6.07, 6.45) is 2.38. The Morgan fingerprint density at radius 1 is 1.24 bits per heavy atom. The monoisotopic (exact) mass is 360 g/mol. The Hall–Kier alpha value is -2.74. The standard InChI is InChI=1S/C17H16N2O5S/c1-25-16-5-3-12(9-13(16)19(21)22)17(20)18-7-6-11-2-4-14-15(8-11)24-10-23-14/h2-5,8-9H,6-7,10H2,1H3,(H,18,20). The number of rotatable bonds is 6. The van der Waals surface area contributed by atoms with E-state index in [9.17, 15) is 14.9 Å². The van der Waals surface area contributed by atoms with E-state index in [2.05, 4.69) is 5.32 Å². The number of amides is 1. The topological polar surface area (TPSA) is 90.7 Å². The highest BCUT2D eigenvalue weighted by Gasteiger charge is 2.17. The molecule has 0 saturated carbocycles. The number of nitro groups is 1. The number of hydrogen-bond donors (Lipinski definition) is 1. The number of fused-ring (bicyclic) bond motifs is 1. The van der Waals surface area contributed by atoms with Crippen LogP contribution in [0.1, 0.15) is 15.9 Å². The van der Waals surface area contributed by atoms with Gasteiger partial charge in [-0.3, -0.25) is 14.9 Å². The predicted molar refractivity (Wildman–Crippen MR) is 93.5 cm³/mol. The van der Waals surface area contributed by atoms with Crippen LogP contribution >= 0.6 is 11.8 Å². The van der Waals surface area contributed by atoms with Gasteiger partial charge in [-0.25, -0.2) is 0 Å². The van der Waals surface area contributed by atoms with Crippen LogP contribution in [-0.2, 0) is 6.42 Å². The molecule has 0 aliphatic carbocycles. The van der Waals surface area contributed by atoms with Crippen molar-refractivity contribution in [1.29, 1.82) is 0 Å². The molecule has 0 fully saturated rings. The second-order valence-corrected chi connectivity index (χ2v) is 6.19. The third-order valence-corrected chi connectivity index (χ3v) is 4.56. The van der Waals surface area contributed by atoms with Crippen LogP contribution in [0.4, 0.5) is 5.69 Å². The van der Waals surface area contributed by atoms with E-state index >= 15 is 0 Å². The summed E-state index contributed by atoms with van der Waals surface area (Å²) < 4.78 is 10.6. The lowest BCUT2D eigenvalue weighted by molar-refractivity contribution is -0.387. The van der Waals surface area contributed by atoms with Crippen LogP contribution in [0.3, 0.4) is 0 Å². The summed E-state index contributed by atoms with van der Waals surface area (Å²) in [5.74, 6) is 1.08. The van der Waals surface area contributed by atoms with Crippen molar-refractivity contribution in [3.63, 3.8) is 0 Å². The fraction of sp³-hybridized carbons (Fsp3) is 0.235. The first kappa shape index (κ1) is 17.1. The van der Waals surface area contributed by atoms with Crippen LogP contribution in [-0.4, -0.2) is 30.4 Å². The molecule has 0 aromatic heterocycles. The molecule has 2 aromatic rings. The van der Waals surface area contributed by atoms with Gasteiger partial charge in [0, 0.05) is 18.2 Å². The van der Waals surface area contributed by atoms with Gasteiger partial charge in [0.1, 0.15) is 0 Å². The minimum Gasteiger partial charge on any atom is -0.454 e. The highest BCUT2D eigenvalue weighted by Crippen LogP contribution is 2.32. The van der Waals surface area contributed by atoms with Crippen molar-refractivity contribution in [1.82, 2.24) is 5.32 Å². The molecule has 0 spiro atoms. The average molecular weight is 360 g/mol. The Balaban J connectivity index is 1.61. The zero-order valence-corrected chi connectivity index (χ0v) is 14.3. The molecule has 0 unspecified atom stereocenters. The molecule has 0 radical (unpaired) electrons. The average Bonchev–Trinajstić information content (AvgIpc) is 3.08. The number of nitro benzene ring substituents is 1. The zero-order chi connectivity index (χ0) is 17.8. The highest BCUT2D eigenvalue weighted by molar-refractivity contribution is 7.98. The fourth-order valence-electron chi connectivity index (χ4n) is 2.49. The van der Waals surface area contributed by atoms with Gasteiger partial charge in [0.2, 0.25) is 6.79 Å². The largest absolute Gasteiger partial charge is 0.454 e. The van der Waals surface area contributed by atoms with Crippen LogP contribution < -0.4 is 14.8 Å². The molecule has 1 N–H and O–H groups in total. The predicted octanol–water partition coefficient (Wildman–Crippen LogP) is 3.02. The van der Waals surface area contributed by atoms with Gasteiger partial charge in [0.25, 0.3) is 11.6 Å². The summed E-state index contributed by atoms with van der Waals surface area (Å²) in [5.41, 5.74) is 1.22. The minimum absolute atomic E-state index is 0.0593. The van der Waals surface area contributed by atoms with Crippen LogP contribution in [0.25, 0.3) is 0 Å². The van der Waals surface area contributed by atoms with Gasteiger partial charge in [-0.1, -0.05) is 6.07 Å². The molecule has 1 heterocycles. The maximum atomic E-state index is 12.2. The Morgan fingerprint density at radius 3 is 2.80 bits per heavy atom. The molecule has 7 nitrogen and oxygen atoms in total. The summed E-state index contributed by atoms with van der Waals surface area (Å²) >= 11 is 1.27. The van der Waals surface area contributed by atoms with Crippen molar-refractivity contribution in [2.45, 2.75) is 11.3 Å². The van der Waals surface area contributed by atoms with Gasteiger partial charge in [0.15, 0.2) is 11.5 Å². The van der Waals surface area contributed by atoms with Gasteiger partial charge < -0.3 is 14.8 Å². The SMILES string of the molecule is CSc1ccc(C(=O)NCCc2ccc3c(c2)OCO3)cc1[N+](=O)[O-]. The number of nitrogens with zero attached hydrogens (tertiary/aromatic N) is 1. The van der Waals surface area contributed by atoms with Crippen molar-refractivity contribution in [3.8, 4) is 11.5 Å². The third-order valence-electron chi connectivity index (χ3n) is 3.77. The first-order valence-corrected chi connectivity index (χ1v) is 8.80. The second-order valence-electron chi connectivity index (χ2n) is 5.34. The Bertz CT molecular complexity index is 825. The molecular formula is C17H16N2O5S. The van der Waals surface area contributed by atoms with Crippen LogP contribution in [0, 0.1) is 10.1 Å². The van der Waals surface area contributed by atoms with E-state index in [1.807, 2.05) is 18.2 Å². The van der Waals surface area contributed by atoms with Gasteiger partial charge in [0.05, 0.1) is 9.82 Å². The van der Waals surface area contributed by atoms with Gasteiger partial charge in [-0.05, 0) is 42.5 Å². The number of carbonyl (C=O) groups excluding carboxylic acids is 1. The Kier molecular flexibility index (Phi) is 5.08. The maximum absolute atomic E-state index is 12.2. The van der Waals surface area contributed by atoms with E-state index in [0.717, 1.165) is 5.56 Å². The van der Waals surface area contributed by atoms with Gasteiger partial charge >= 0.3 is 0 Å². The summed E-state index contributed by atoms with van der Waals surface area (Å²) in [6.45, 7) is 0.636. The molecule has 1 aliphatic heterocycles. The zero-order valence-electron chi connectivity index (χ0n) is 13.5. The Labute approximate surface area is 148 Å². The number of nitrogens with one attached hydrogen (secondary N) is 1. The molecule has 3 rings (SSSR count). The van der Waals surface area contributed by atoms with Crippen LogP contribution in [0.5, 0.6) is 11.5 Å². The molecule has 2 aromatic carbocycles. The first-order chi connectivity index (χ1) is 12.1. The lowest BCUT2D eigenvalue weighted by atomic mass is 10.1. The number of thioether (sulfide) groups is 1. The van der Waals surface area contributed by atoms with E-state index in [0.29, 0.717) is 29.4 Å². The summed E-state index contributed by atoms with van der Waals surface area (Å²) in [5, 5.41) is 13.9. The van der Waals surface area contributed by atoms with Crippen molar-refractivity contribution >= 4 is 23.4 Å². The second kappa shape index (κ2) is 7.43. The van der Waals surface area contributed by atoms with Crippen molar-refractivity contribution < 1.29 is 19.2 Å². The number of carbonyl (C=O) groups is 1. The quantitative estimate of drug-likeness (QED) is 0.484. The summed E-state index contributed by atoms with van der Waals surface area (Å²) in [6, 6.07) is 10.1. The number of benzene rings is 2. The summed E-state index contributed by atoms with van der Waals surface area (Å²) in [7, 11) is 0. The lowest BCUT2D eigenvalue weighted by Gasteiger charge is -2.07. The first-order valence-electron chi connectivity index (χ1n) is 7.57. The van der Waals surface area contributed by atoms with E-state index in [-0.39, 0.29) is 24.0 Å². The van der Waals surface area contributed by atoms with E-state index in [1.54, 1.807) is 18.4 Å². The van der Waals surface area contributed by atoms with Gasteiger partial charge in [-0.15, -0.1) is 11.8 Å². The van der Waals surface area contributed by atoms with Crippen molar-refractivity contribution in [3.05, 3.63) is 57.6 Å². The molecule has 1 amide bonds.